The minimum atomic E-state index is 0.00687. The predicted molar refractivity (Wildman–Crippen MR) is 89.9 cm³/mol. The highest BCUT2D eigenvalue weighted by molar-refractivity contribution is 4.95. The second-order valence-electron chi connectivity index (χ2n) is 6.32. The topological polar surface area (TPSA) is 30.5 Å². The predicted octanol–water partition coefficient (Wildman–Crippen LogP) is 4.30. The monoisotopic (exact) mass is 299 g/mol. The first-order valence-corrected chi connectivity index (χ1v) is 9.24. The molecule has 21 heavy (non-hydrogen) atoms. The second-order valence-corrected chi connectivity index (χ2v) is 6.32. The van der Waals surface area contributed by atoms with E-state index >= 15 is 0 Å². The maximum atomic E-state index is 6.27. The van der Waals surface area contributed by atoms with E-state index in [1.54, 1.807) is 0 Å². The first-order valence-electron chi connectivity index (χ1n) is 9.24. The first kappa shape index (κ1) is 18.9. The minimum Gasteiger partial charge on any atom is -0.381 e. The van der Waals surface area contributed by atoms with Crippen LogP contribution in [0.2, 0.25) is 0 Å². The van der Waals surface area contributed by atoms with Crippen molar-refractivity contribution in [2.24, 2.45) is 0 Å². The van der Waals surface area contributed by atoms with Crippen molar-refractivity contribution in [3.63, 3.8) is 0 Å². The summed E-state index contributed by atoms with van der Waals surface area (Å²) < 4.78 is 11.8. The molecule has 0 aromatic rings. The fraction of sp³-hybridized carbons (Fsp3) is 1.00. The van der Waals surface area contributed by atoms with E-state index in [1.807, 2.05) is 0 Å². The molecule has 1 rings (SSSR count). The Morgan fingerprint density at radius 2 is 1.71 bits per heavy atom. The fourth-order valence-corrected chi connectivity index (χ4v) is 3.42. The van der Waals surface area contributed by atoms with E-state index in [2.05, 4.69) is 26.1 Å². The average molecular weight is 299 g/mol. The van der Waals surface area contributed by atoms with Gasteiger partial charge in [-0.2, -0.15) is 0 Å². The Kier molecular flexibility index (Phi) is 10.3. The third-order valence-corrected chi connectivity index (χ3v) is 4.64. The Hall–Kier alpha value is -0.120. The maximum Gasteiger partial charge on any atom is 0.0878 e. The molecule has 0 aromatic carbocycles. The van der Waals surface area contributed by atoms with Crippen molar-refractivity contribution in [2.75, 3.05) is 26.4 Å². The summed E-state index contributed by atoms with van der Waals surface area (Å²) in [4.78, 5) is 0. The van der Waals surface area contributed by atoms with Crippen LogP contribution in [0.1, 0.15) is 78.6 Å². The lowest BCUT2D eigenvalue weighted by atomic mass is 9.83. The lowest BCUT2D eigenvalue weighted by molar-refractivity contribution is -0.128. The van der Waals surface area contributed by atoms with Gasteiger partial charge in [0.15, 0.2) is 0 Å². The summed E-state index contributed by atoms with van der Waals surface area (Å²) in [5.41, 5.74) is 0.00687. The van der Waals surface area contributed by atoms with Crippen molar-refractivity contribution in [1.82, 2.24) is 5.32 Å². The van der Waals surface area contributed by atoms with Gasteiger partial charge in [0.2, 0.25) is 0 Å². The number of ether oxygens (including phenoxy) is 2. The van der Waals surface area contributed by atoms with Gasteiger partial charge in [0.05, 0.1) is 5.60 Å². The van der Waals surface area contributed by atoms with Crippen LogP contribution < -0.4 is 5.32 Å². The third kappa shape index (κ3) is 6.66. The standard InChI is InChI=1S/C18H37NO2/c1-4-7-8-9-10-11-17(19-14-5-2)18(21-6-3)12-15-20-16-13-18/h17,19H,4-16H2,1-3H3. The van der Waals surface area contributed by atoms with Crippen LogP contribution in [0.4, 0.5) is 0 Å². The summed E-state index contributed by atoms with van der Waals surface area (Å²) in [5, 5.41) is 3.78. The quantitative estimate of drug-likeness (QED) is 0.545. The summed E-state index contributed by atoms with van der Waals surface area (Å²) in [6, 6.07) is 0.489. The highest BCUT2D eigenvalue weighted by Crippen LogP contribution is 2.31. The first-order chi connectivity index (χ1) is 10.3. The van der Waals surface area contributed by atoms with Crippen LogP contribution in [0, 0.1) is 0 Å². The number of hydrogen-bond acceptors (Lipinski definition) is 3. The normalized spacial score (nSPS) is 19.6. The number of hydrogen-bond donors (Lipinski definition) is 1. The van der Waals surface area contributed by atoms with Crippen LogP contribution in [0.15, 0.2) is 0 Å². The van der Waals surface area contributed by atoms with Crippen molar-refractivity contribution in [3.05, 3.63) is 0 Å². The zero-order valence-corrected chi connectivity index (χ0v) is 14.6. The van der Waals surface area contributed by atoms with Gasteiger partial charge < -0.3 is 14.8 Å². The van der Waals surface area contributed by atoms with E-state index in [4.69, 9.17) is 9.47 Å². The molecule has 1 aliphatic rings. The highest BCUT2D eigenvalue weighted by Gasteiger charge is 2.40. The van der Waals surface area contributed by atoms with Crippen molar-refractivity contribution in [1.29, 1.82) is 0 Å². The molecule has 126 valence electrons. The largest absolute Gasteiger partial charge is 0.381 e. The van der Waals surface area contributed by atoms with Crippen LogP contribution in [-0.2, 0) is 9.47 Å². The van der Waals surface area contributed by atoms with Gasteiger partial charge in [-0.05, 0) is 26.3 Å². The molecule has 1 fully saturated rings. The number of unbranched alkanes of at least 4 members (excludes halogenated alkanes) is 4. The third-order valence-electron chi connectivity index (χ3n) is 4.64. The lowest BCUT2D eigenvalue weighted by Crippen LogP contribution is -2.55. The van der Waals surface area contributed by atoms with E-state index in [0.29, 0.717) is 6.04 Å². The average Bonchev–Trinajstić information content (AvgIpc) is 2.51. The molecule has 0 spiro atoms. The molecule has 1 aliphatic heterocycles. The summed E-state index contributed by atoms with van der Waals surface area (Å²) in [7, 11) is 0. The molecule has 1 unspecified atom stereocenters. The van der Waals surface area contributed by atoms with Crippen LogP contribution in [0.3, 0.4) is 0 Å². The second kappa shape index (κ2) is 11.4. The minimum absolute atomic E-state index is 0.00687. The number of rotatable bonds is 12. The zero-order chi connectivity index (χ0) is 15.4. The van der Waals surface area contributed by atoms with Crippen LogP contribution in [0.25, 0.3) is 0 Å². The Morgan fingerprint density at radius 3 is 2.33 bits per heavy atom. The van der Waals surface area contributed by atoms with Gasteiger partial charge in [-0.3, -0.25) is 0 Å². The summed E-state index contributed by atoms with van der Waals surface area (Å²) >= 11 is 0. The molecule has 0 aromatic heterocycles. The molecular weight excluding hydrogens is 262 g/mol. The van der Waals surface area contributed by atoms with E-state index < -0.39 is 0 Å². The van der Waals surface area contributed by atoms with Crippen LogP contribution in [0.5, 0.6) is 0 Å². The van der Waals surface area contributed by atoms with Crippen molar-refractivity contribution in [3.8, 4) is 0 Å². The van der Waals surface area contributed by atoms with Crippen LogP contribution >= 0.6 is 0 Å². The SMILES string of the molecule is CCCCCCCC(NCCC)C1(OCC)CCOCC1. The Balaban J connectivity index is 2.54. The van der Waals surface area contributed by atoms with Crippen molar-refractivity contribution in [2.45, 2.75) is 90.2 Å². The molecule has 1 N–H and O–H groups in total. The molecule has 1 heterocycles. The molecule has 0 radical (unpaired) electrons. The van der Waals surface area contributed by atoms with E-state index in [-0.39, 0.29) is 5.60 Å². The van der Waals surface area contributed by atoms with Gasteiger partial charge in [-0.15, -0.1) is 0 Å². The van der Waals surface area contributed by atoms with Gasteiger partial charge >= 0.3 is 0 Å². The molecule has 1 saturated heterocycles. The molecule has 0 bridgehead atoms. The molecule has 0 amide bonds. The van der Waals surface area contributed by atoms with Gasteiger partial charge in [0.1, 0.15) is 0 Å². The highest BCUT2D eigenvalue weighted by atomic mass is 16.5. The van der Waals surface area contributed by atoms with Gasteiger partial charge in [0.25, 0.3) is 0 Å². The lowest BCUT2D eigenvalue weighted by Gasteiger charge is -2.43. The summed E-state index contributed by atoms with van der Waals surface area (Å²) in [5.74, 6) is 0. The summed E-state index contributed by atoms with van der Waals surface area (Å²) in [6.45, 7) is 10.2. The number of nitrogens with one attached hydrogen (secondary N) is 1. The van der Waals surface area contributed by atoms with Crippen LogP contribution in [-0.4, -0.2) is 38.0 Å². The van der Waals surface area contributed by atoms with Crippen molar-refractivity contribution < 1.29 is 9.47 Å². The Morgan fingerprint density at radius 1 is 1.00 bits per heavy atom. The molecule has 3 heteroatoms. The molecular formula is C18H37NO2. The smallest absolute Gasteiger partial charge is 0.0878 e. The Bertz CT molecular complexity index is 234. The van der Waals surface area contributed by atoms with E-state index in [9.17, 15) is 0 Å². The zero-order valence-electron chi connectivity index (χ0n) is 14.6. The van der Waals surface area contributed by atoms with Gasteiger partial charge in [0, 0.05) is 38.7 Å². The fourth-order valence-electron chi connectivity index (χ4n) is 3.42. The maximum absolute atomic E-state index is 6.27. The molecule has 0 aliphatic carbocycles. The van der Waals surface area contributed by atoms with Crippen molar-refractivity contribution >= 4 is 0 Å². The van der Waals surface area contributed by atoms with Gasteiger partial charge in [-0.1, -0.05) is 46.0 Å². The Labute approximate surface area is 132 Å². The summed E-state index contributed by atoms with van der Waals surface area (Å²) in [6.07, 6.45) is 11.2. The molecule has 1 atom stereocenters. The van der Waals surface area contributed by atoms with Gasteiger partial charge in [-0.25, -0.2) is 0 Å². The molecule has 0 saturated carbocycles. The van der Waals surface area contributed by atoms with E-state index in [0.717, 1.165) is 39.2 Å². The van der Waals surface area contributed by atoms with E-state index in [1.165, 1.54) is 44.9 Å². The molecule has 3 nitrogen and oxygen atoms in total.